The summed E-state index contributed by atoms with van der Waals surface area (Å²) in [4.78, 5) is 14.4. The quantitative estimate of drug-likeness (QED) is 0.872. The summed E-state index contributed by atoms with van der Waals surface area (Å²) in [6, 6.07) is 0. The molecule has 0 unspecified atom stereocenters. The van der Waals surface area contributed by atoms with Crippen LogP contribution in [0.15, 0.2) is 6.20 Å². The second kappa shape index (κ2) is 4.22. The van der Waals surface area contributed by atoms with E-state index in [-0.39, 0.29) is 5.92 Å². The lowest BCUT2D eigenvalue weighted by molar-refractivity contribution is -0.164. The van der Waals surface area contributed by atoms with Gasteiger partial charge in [-0.15, -0.1) is 11.3 Å². The van der Waals surface area contributed by atoms with Crippen LogP contribution in [0.5, 0.6) is 0 Å². The number of aromatic nitrogens is 1. The highest BCUT2D eigenvalue weighted by atomic mass is 32.1. The van der Waals surface area contributed by atoms with E-state index in [1.54, 1.807) is 0 Å². The molecule has 0 bridgehead atoms. The maximum absolute atomic E-state index is 12.8. The highest BCUT2D eigenvalue weighted by Crippen LogP contribution is 2.27. The topological polar surface area (TPSA) is 50.2 Å². The Morgan fingerprint density at radius 1 is 1.67 bits per heavy atom. The van der Waals surface area contributed by atoms with Gasteiger partial charge in [0.2, 0.25) is 0 Å². The van der Waals surface area contributed by atoms with Crippen LogP contribution < -0.4 is 0 Å². The average molecular weight is 235 g/mol. The van der Waals surface area contributed by atoms with E-state index in [1.165, 1.54) is 6.20 Å². The van der Waals surface area contributed by atoms with Gasteiger partial charge in [-0.05, 0) is 0 Å². The van der Waals surface area contributed by atoms with Gasteiger partial charge in [0.25, 0.3) is 0 Å². The molecule has 0 aromatic carbocycles. The summed E-state index contributed by atoms with van der Waals surface area (Å²) in [5, 5.41) is 8.99. The molecule has 0 spiro atoms. The van der Waals surface area contributed by atoms with E-state index in [0.717, 1.165) is 16.3 Å². The Kier molecular flexibility index (Phi) is 3.38. The first-order valence-electron chi connectivity index (χ1n) is 4.38. The number of rotatable bonds is 4. The minimum atomic E-state index is -3.71. The highest BCUT2D eigenvalue weighted by molar-refractivity contribution is 7.11. The van der Waals surface area contributed by atoms with Crippen molar-refractivity contribution in [2.24, 2.45) is 0 Å². The van der Waals surface area contributed by atoms with Gasteiger partial charge in [0.15, 0.2) is 0 Å². The van der Waals surface area contributed by atoms with Crippen LogP contribution in [0.3, 0.4) is 0 Å². The Labute approximate surface area is 89.8 Å². The largest absolute Gasteiger partial charge is 0.477 e. The zero-order valence-corrected chi connectivity index (χ0v) is 9.15. The van der Waals surface area contributed by atoms with Crippen LogP contribution >= 0.6 is 11.3 Å². The summed E-state index contributed by atoms with van der Waals surface area (Å²) in [6.07, 6.45) is 0.531. The molecule has 15 heavy (non-hydrogen) atoms. The maximum Gasteiger partial charge on any atom is 0.374 e. The van der Waals surface area contributed by atoms with Gasteiger partial charge in [-0.1, -0.05) is 13.8 Å². The minimum Gasteiger partial charge on any atom is -0.477 e. The molecule has 0 atom stereocenters. The number of hydrogen-bond acceptors (Lipinski definition) is 3. The monoisotopic (exact) mass is 235 g/mol. The molecule has 0 aliphatic carbocycles. The smallest absolute Gasteiger partial charge is 0.374 e. The van der Waals surface area contributed by atoms with Crippen LogP contribution in [0.1, 0.15) is 29.7 Å². The molecule has 0 amide bonds. The van der Waals surface area contributed by atoms with Crippen molar-refractivity contribution in [2.75, 3.05) is 0 Å². The second-order valence-electron chi connectivity index (χ2n) is 3.51. The van der Waals surface area contributed by atoms with E-state index >= 15 is 0 Å². The molecule has 6 heteroatoms. The zero-order chi connectivity index (χ0) is 11.6. The van der Waals surface area contributed by atoms with E-state index in [9.17, 15) is 13.6 Å². The summed E-state index contributed by atoms with van der Waals surface area (Å²) < 4.78 is 25.6. The standard InChI is InChI=1S/C9H11F2NO2S/c1-5(2)7-12-4-6(15-7)3-9(10,11)8(13)14/h4-5H,3H2,1-2H3,(H,13,14). The number of nitrogens with zero attached hydrogens (tertiary/aromatic N) is 1. The third kappa shape index (κ3) is 2.95. The van der Waals surface area contributed by atoms with Crippen LogP contribution in [0.4, 0.5) is 8.78 Å². The molecule has 84 valence electrons. The van der Waals surface area contributed by atoms with Crippen LogP contribution in [0, 0.1) is 0 Å². The number of hydrogen-bond donors (Lipinski definition) is 1. The molecule has 0 saturated carbocycles. The van der Waals surface area contributed by atoms with Crippen LogP contribution in [0.25, 0.3) is 0 Å². The third-order valence-electron chi connectivity index (χ3n) is 1.77. The van der Waals surface area contributed by atoms with Crippen molar-refractivity contribution in [3.63, 3.8) is 0 Å². The van der Waals surface area contributed by atoms with Crippen LogP contribution in [0.2, 0.25) is 0 Å². The van der Waals surface area contributed by atoms with Crippen LogP contribution in [-0.2, 0) is 11.2 Å². The second-order valence-corrected chi connectivity index (χ2v) is 4.65. The van der Waals surface area contributed by atoms with Crippen molar-refractivity contribution in [3.05, 3.63) is 16.1 Å². The summed E-state index contributed by atoms with van der Waals surface area (Å²) in [5.41, 5.74) is 0. The SMILES string of the molecule is CC(C)c1ncc(CC(F)(F)C(=O)O)s1. The van der Waals surface area contributed by atoms with Crippen LogP contribution in [-0.4, -0.2) is 22.0 Å². The summed E-state index contributed by atoms with van der Waals surface area (Å²) in [6.45, 7) is 3.80. The number of carboxylic acids is 1. The Bertz CT molecular complexity index is 363. The van der Waals surface area contributed by atoms with Gasteiger partial charge >= 0.3 is 11.9 Å². The van der Waals surface area contributed by atoms with Crippen molar-refractivity contribution in [3.8, 4) is 0 Å². The fourth-order valence-electron chi connectivity index (χ4n) is 0.966. The molecule has 1 rings (SSSR count). The Balaban J connectivity index is 2.77. The van der Waals surface area contributed by atoms with E-state index in [4.69, 9.17) is 5.11 Å². The molecule has 1 heterocycles. The molecule has 0 aliphatic heterocycles. The average Bonchev–Trinajstić information content (AvgIpc) is 2.51. The molecule has 1 N–H and O–H groups in total. The molecule has 0 radical (unpaired) electrons. The molecule has 0 saturated heterocycles. The van der Waals surface area contributed by atoms with Gasteiger partial charge in [-0.25, -0.2) is 9.78 Å². The fourth-order valence-corrected chi connectivity index (χ4v) is 1.93. The number of carboxylic acid groups (broad SMARTS) is 1. The first-order chi connectivity index (χ1) is 6.83. The van der Waals surface area contributed by atoms with Crippen molar-refractivity contribution >= 4 is 17.3 Å². The predicted molar refractivity (Wildman–Crippen MR) is 52.5 cm³/mol. The summed E-state index contributed by atoms with van der Waals surface area (Å²) in [7, 11) is 0. The lowest BCUT2D eigenvalue weighted by atomic mass is 10.2. The summed E-state index contributed by atoms with van der Waals surface area (Å²) in [5.74, 6) is -5.63. The first-order valence-corrected chi connectivity index (χ1v) is 5.20. The molecule has 0 fully saturated rings. The molecule has 1 aromatic rings. The van der Waals surface area contributed by atoms with Gasteiger partial charge in [-0.3, -0.25) is 0 Å². The number of aliphatic carboxylic acids is 1. The van der Waals surface area contributed by atoms with E-state index < -0.39 is 18.3 Å². The first kappa shape index (κ1) is 12.0. The lowest BCUT2D eigenvalue weighted by Crippen LogP contribution is -2.30. The molecule has 0 aliphatic rings. The molecular formula is C9H11F2NO2S. The number of thiazole rings is 1. The fraction of sp³-hybridized carbons (Fsp3) is 0.556. The summed E-state index contributed by atoms with van der Waals surface area (Å²) >= 11 is 1.13. The highest BCUT2D eigenvalue weighted by Gasteiger charge is 2.39. The molecular weight excluding hydrogens is 224 g/mol. The van der Waals surface area contributed by atoms with E-state index in [1.807, 2.05) is 13.8 Å². The van der Waals surface area contributed by atoms with Crippen molar-refractivity contribution in [1.82, 2.24) is 4.98 Å². The van der Waals surface area contributed by atoms with E-state index in [0.29, 0.717) is 4.88 Å². The van der Waals surface area contributed by atoms with Gasteiger partial charge in [-0.2, -0.15) is 8.78 Å². The van der Waals surface area contributed by atoms with Gasteiger partial charge in [0.1, 0.15) is 0 Å². The Hall–Kier alpha value is -1.04. The van der Waals surface area contributed by atoms with Gasteiger partial charge in [0.05, 0.1) is 11.4 Å². The van der Waals surface area contributed by atoms with Gasteiger partial charge in [0, 0.05) is 17.0 Å². The van der Waals surface area contributed by atoms with Crippen molar-refractivity contribution in [1.29, 1.82) is 0 Å². The Morgan fingerprint density at radius 3 is 2.67 bits per heavy atom. The molecule has 1 aromatic heterocycles. The lowest BCUT2D eigenvalue weighted by Gasteiger charge is -2.08. The van der Waals surface area contributed by atoms with Crippen molar-refractivity contribution in [2.45, 2.75) is 32.1 Å². The predicted octanol–water partition coefficient (Wildman–Crippen LogP) is 2.53. The number of alkyl halides is 2. The third-order valence-corrected chi connectivity index (χ3v) is 3.07. The normalized spacial score (nSPS) is 12.1. The van der Waals surface area contributed by atoms with Gasteiger partial charge < -0.3 is 5.11 Å². The Morgan fingerprint density at radius 2 is 2.27 bits per heavy atom. The number of halogens is 2. The van der Waals surface area contributed by atoms with E-state index in [2.05, 4.69) is 4.98 Å². The molecule has 3 nitrogen and oxygen atoms in total. The maximum atomic E-state index is 12.8. The number of carbonyl (C=O) groups is 1. The zero-order valence-electron chi connectivity index (χ0n) is 8.33. The minimum absolute atomic E-state index is 0.169. The van der Waals surface area contributed by atoms with Crippen molar-refractivity contribution < 1.29 is 18.7 Å².